The molecule has 4 nitrogen and oxygen atoms in total. The molecule has 0 spiro atoms. The summed E-state index contributed by atoms with van der Waals surface area (Å²) in [6, 6.07) is 9.12. The fourth-order valence-corrected chi connectivity index (χ4v) is 2.35. The van der Waals surface area contributed by atoms with Crippen LogP contribution < -0.4 is 15.8 Å². The van der Waals surface area contributed by atoms with Crippen LogP contribution in [0.4, 0.5) is 11.4 Å². The third kappa shape index (κ3) is 3.51. The molecule has 1 amide bonds. The van der Waals surface area contributed by atoms with Crippen LogP contribution in [0.2, 0.25) is 0 Å². The van der Waals surface area contributed by atoms with Crippen LogP contribution in [-0.2, 0) is 0 Å². The first-order valence-electron chi connectivity index (χ1n) is 6.44. The van der Waals surface area contributed by atoms with Gasteiger partial charge in [0.05, 0.1) is 18.0 Å². The molecule has 0 aliphatic heterocycles. The van der Waals surface area contributed by atoms with E-state index in [1.807, 2.05) is 24.3 Å². The molecule has 0 bridgehead atoms. The van der Waals surface area contributed by atoms with Crippen LogP contribution in [0.1, 0.15) is 23.5 Å². The maximum Gasteiger partial charge on any atom is 0.267 e. The van der Waals surface area contributed by atoms with Crippen LogP contribution in [0.3, 0.4) is 0 Å². The van der Waals surface area contributed by atoms with Crippen LogP contribution in [0.15, 0.2) is 35.7 Å². The van der Waals surface area contributed by atoms with Crippen molar-refractivity contribution in [3.63, 3.8) is 0 Å². The van der Waals surface area contributed by atoms with Crippen LogP contribution in [0, 0.1) is 5.92 Å². The number of carbonyl (C=O) groups excluding carboxylic acids is 1. The number of thiophene rings is 1. The first-order chi connectivity index (χ1) is 9.58. The molecule has 1 heterocycles. The summed E-state index contributed by atoms with van der Waals surface area (Å²) in [6.45, 7) is 4.76. The van der Waals surface area contributed by atoms with Gasteiger partial charge in [-0.3, -0.25) is 4.79 Å². The molecule has 0 fully saturated rings. The highest BCUT2D eigenvalue weighted by atomic mass is 32.1. The molecule has 0 radical (unpaired) electrons. The number of benzene rings is 1. The third-order valence-electron chi connectivity index (χ3n) is 2.61. The molecule has 2 aromatic rings. The maximum absolute atomic E-state index is 12.2. The second-order valence-corrected chi connectivity index (χ2v) is 5.78. The highest BCUT2D eigenvalue weighted by Gasteiger charge is 2.13. The van der Waals surface area contributed by atoms with Crippen molar-refractivity contribution in [3.05, 3.63) is 40.6 Å². The zero-order chi connectivity index (χ0) is 14.5. The number of nitrogens with one attached hydrogen (secondary N) is 1. The van der Waals surface area contributed by atoms with Crippen molar-refractivity contribution < 1.29 is 9.53 Å². The van der Waals surface area contributed by atoms with Crippen LogP contribution in [0.25, 0.3) is 0 Å². The molecule has 2 rings (SSSR count). The number of hydrogen-bond donors (Lipinski definition) is 2. The summed E-state index contributed by atoms with van der Waals surface area (Å²) in [7, 11) is 0. The van der Waals surface area contributed by atoms with E-state index in [-0.39, 0.29) is 5.91 Å². The highest BCUT2D eigenvalue weighted by molar-refractivity contribution is 7.12. The Kier molecular flexibility index (Phi) is 4.63. The first kappa shape index (κ1) is 14.4. The Bertz CT molecular complexity index is 593. The zero-order valence-electron chi connectivity index (χ0n) is 11.6. The van der Waals surface area contributed by atoms with Gasteiger partial charge in [0.15, 0.2) is 0 Å². The molecular weight excluding hydrogens is 272 g/mol. The Labute approximate surface area is 122 Å². The summed E-state index contributed by atoms with van der Waals surface area (Å²) in [5.41, 5.74) is 6.90. The normalized spacial score (nSPS) is 10.6. The molecule has 3 N–H and O–H groups in total. The molecular formula is C15H18N2O2S. The van der Waals surface area contributed by atoms with Crippen molar-refractivity contribution in [2.45, 2.75) is 13.8 Å². The molecule has 5 heteroatoms. The molecule has 0 atom stereocenters. The number of nitrogen functional groups attached to an aromatic ring is 1. The average Bonchev–Trinajstić information content (AvgIpc) is 2.84. The minimum Gasteiger partial charge on any atom is -0.491 e. The Morgan fingerprint density at radius 2 is 2.10 bits per heavy atom. The van der Waals surface area contributed by atoms with E-state index in [0.717, 1.165) is 0 Å². The number of para-hydroxylation sites is 2. The van der Waals surface area contributed by atoms with E-state index in [9.17, 15) is 4.79 Å². The van der Waals surface area contributed by atoms with E-state index in [4.69, 9.17) is 10.5 Å². The molecule has 20 heavy (non-hydrogen) atoms. The molecule has 0 aliphatic rings. The first-order valence-corrected chi connectivity index (χ1v) is 7.32. The van der Waals surface area contributed by atoms with E-state index >= 15 is 0 Å². The topological polar surface area (TPSA) is 64.3 Å². The second kappa shape index (κ2) is 6.43. The van der Waals surface area contributed by atoms with Gasteiger partial charge in [0.25, 0.3) is 5.91 Å². The van der Waals surface area contributed by atoms with Crippen molar-refractivity contribution in [1.29, 1.82) is 0 Å². The minimum atomic E-state index is -0.210. The standard InChI is InChI=1S/C15H18N2O2S/c1-10(2)9-19-13-6-4-3-5-12(13)17-15(18)14-11(16)7-8-20-14/h3-8,10H,9,16H2,1-2H3,(H,17,18). The van der Waals surface area contributed by atoms with Crippen LogP contribution >= 0.6 is 11.3 Å². The van der Waals surface area contributed by atoms with Gasteiger partial charge in [-0.15, -0.1) is 11.3 Å². The number of rotatable bonds is 5. The van der Waals surface area contributed by atoms with Crippen molar-refractivity contribution >= 4 is 28.6 Å². The number of carbonyl (C=O) groups is 1. The summed E-state index contributed by atoms with van der Waals surface area (Å²) in [5.74, 6) is 0.884. The van der Waals surface area contributed by atoms with E-state index in [0.29, 0.717) is 34.5 Å². The lowest BCUT2D eigenvalue weighted by molar-refractivity contribution is 0.103. The highest BCUT2D eigenvalue weighted by Crippen LogP contribution is 2.26. The fraction of sp³-hybridized carbons (Fsp3) is 0.267. The predicted molar refractivity (Wildman–Crippen MR) is 83.5 cm³/mol. The Morgan fingerprint density at radius 1 is 1.35 bits per heavy atom. The number of nitrogens with two attached hydrogens (primary N) is 1. The molecule has 1 aromatic carbocycles. The molecule has 0 saturated carbocycles. The summed E-state index contributed by atoms with van der Waals surface area (Å²) in [4.78, 5) is 12.7. The Hall–Kier alpha value is -2.01. The summed E-state index contributed by atoms with van der Waals surface area (Å²) >= 11 is 1.32. The predicted octanol–water partition coefficient (Wildman–Crippen LogP) is 3.62. The van der Waals surface area contributed by atoms with E-state index in [2.05, 4.69) is 19.2 Å². The average molecular weight is 290 g/mol. The second-order valence-electron chi connectivity index (χ2n) is 4.86. The fourth-order valence-electron chi connectivity index (χ4n) is 1.64. The number of ether oxygens (including phenoxy) is 1. The van der Waals surface area contributed by atoms with Gasteiger partial charge < -0.3 is 15.8 Å². The van der Waals surface area contributed by atoms with Crippen molar-refractivity contribution in [1.82, 2.24) is 0 Å². The van der Waals surface area contributed by atoms with Gasteiger partial charge in [-0.05, 0) is 29.5 Å². The lowest BCUT2D eigenvalue weighted by Gasteiger charge is -2.13. The van der Waals surface area contributed by atoms with Gasteiger partial charge in [0, 0.05) is 0 Å². The number of amides is 1. The maximum atomic E-state index is 12.2. The van der Waals surface area contributed by atoms with Gasteiger partial charge in [-0.2, -0.15) is 0 Å². The molecule has 1 aromatic heterocycles. The van der Waals surface area contributed by atoms with Gasteiger partial charge in [0.1, 0.15) is 10.6 Å². The number of anilines is 2. The third-order valence-corrected chi connectivity index (χ3v) is 3.54. The van der Waals surface area contributed by atoms with Crippen molar-refractivity contribution in [2.75, 3.05) is 17.7 Å². The van der Waals surface area contributed by atoms with Gasteiger partial charge >= 0.3 is 0 Å². The van der Waals surface area contributed by atoms with E-state index in [1.54, 1.807) is 11.4 Å². The largest absolute Gasteiger partial charge is 0.491 e. The summed E-state index contributed by atoms with van der Waals surface area (Å²) in [5, 5.41) is 4.64. The van der Waals surface area contributed by atoms with Gasteiger partial charge in [0.2, 0.25) is 0 Å². The molecule has 0 saturated heterocycles. The quantitative estimate of drug-likeness (QED) is 0.884. The monoisotopic (exact) mass is 290 g/mol. The Morgan fingerprint density at radius 3 is 2.75 bits per heavy atom. The Balaban J connectivity index is 2.13. The van der Waals surface area contributed by atoms with E-state index < -0.39 is 0 Å². The lowest BCUT2D eigenvalue weighted by Crippen LogP contribution is -2.13. The molecule has 0 aliphatic carbocycles. The summed E-state index contributed by atoms with van der Waals surface area (Å²) < 4.78 is 5.70. The van der Waals surface area contributed by atoms with Crippen LogP contribution in [0.5, 0.6) is 5.75 Å². The summed E-state index contributed by atoms with van der Waals surface area (Å²) in [6.07, 6.45) is 0. The SMILES string of the molecule is CC(C)COc1ccccc1NC(=O)c1sccc1N. The van der Waals surface area contributed by atoms with Crippen molar-refractivity contribution in [2.24, 2.45) is 5.92 Å². The van der Waals surface area contributed by atoms with Gasteiger partial charge in [-0.25, -0.2) is 0 Å². The molecule has 106 valence electrons. The van der Waals surface area contributed by atoms with Crippen LogP contribution in [-0.4, -0.2) is 12.5 Å². The minimum absolute atomic E-state index is 0.210. The number of hydrogen-bond acceptors (Lipinski definition) is 4. The zero-order valence-corrected chi connectivity index (χ0v) is 12.4. The van der Waals surface area contributed by atoms with Gasteiger partial charge in [-0.1, -0.05) is 26.0 Å². The van der Waals surface area contributed by atoms with Crippen molar-refractivity contribution in [3.8, 4) is 5.75 Å². The lowest BCUT2D eigenvalue weighted by atomic mass is 10.2. The smallest absolute Gasteiger partial charge is 0.267 e. The molecule has 0 unspecified atom stereocenters. The van der Waals surface area contributed by atoms with E-state index in [1.165, 1.54) is 11.3 Å².